The Bertz CT molecular complexity index is 4090. The minimum absolute atomic E-state index is 0.144. The maximum atomic E-state index is 15.1. The predicted molar refractivity (Wildman–Crippen MR) is 277 cm³/mol. The highest BCUT2D eigenvalue weighted by molar-refractivity contribution is 6.16. The summed E-state index contributed by atoms with van der Waals surface area (Å²) in [5, 5.41) is 4.48. The van der Waals surface area contributed by atoms with Crippen molar-refractivity contribution in [3.05, 3.63) is 221 Å². The molecule has 11 aromatic rings. The third kappa shape index (κ3) is 5.56. The number of rotatable bonds is 4. The standard InChI is InChI=1S/C63H44F3N3/c1-36-16-15-23-49(63(64,65)66)56(36)37-26-28-41(55(34-37)69-51-25-14-10-20-45(51)58-54(69)33-30-43-40-18-8-12-22-48(40)62(4,5)60(43)58)46-35-38(67-6)27-31-52(46)68-50-24-13-9-19-44(50)57-53(68)32-29-42-39-17-7-11-21-47(39)61(2,3)59(42)57/h7-35H,1-5H3. The van der Waals surface area contributed by atoms with Gasteiger partial charge in [0, 0.05) is 37.9 Å². The van der Waals surface area contributed by atoms with Crippen LogP contribution in [0.4, 0.5) is 18.9 Å². The largest absolute Gasteiger partial charge is 0.417 e. The number of hydrogen-bond donors (Lipinski definition) is 0. The van der Waals surface area contributed by atoms with Gasteiger partial charge in [-0.05, 0) is 122 Å². The molecule has 332 valence electrons. The highest BCUT2D eigenvalue weighted by Gasteiger charge is 2.40. The molecule has 0 N–H and O–H groups in total. The number of benzene rings is 9. The van der Waals surface area contributed by atoms with E-state index in [2.05, 4.69) is 157 Å². The lowest BCUT2D eigenvalue weighted by atomic mass is 9.80. The summed E-state index contributed by atoms with van der Waals surface area (Å²) in [6.45, 7) is 19.3. The minimum Gasteiger partial charge on any atom is -0.309 e. The molecule has 6 heteroatoms. The van der Waals surface area contributed by atoms with Crippen LogP contribution in [-0.2, 0) is 17.0 Å². The Kier molecular flexibility index (Phi) is 8.45. The summed E-state index contributed by atoms with van der Waals surface area (Å²) < 4.78 is 49.8. The maximum Gasteiger partial charge on any atom is 0.417 e. The molecule has 9 aromatic carbocycles. The second-order valence-corrected chi connectivity index (χ2v) is 19.9. The van der Waals surface area contributed by atoms with E-state index >= 15 is 13.2 Å². The number of para-hydroxylation sites is 2. The van der Waals surface area contributed by atoms with Crippen LogP contribution in [0.15, 0.2) is 176 Å². The summed E-state index contributed by atoms with van der Waals surface area (Å²) in [5.41, 5.74) is 17.3. The van der Waals surface area contributed by atoms with Crippen LogP contribution in [0.2, 0.25) is 0 Å². The van der Waals surface area contributed by atoms with Gasteiger partial charge in [0.15, 0.2) is 5.69 Å². The van der Waals surface area contributed by atoms with Crippen molar-refractivity contribution in [2.24, 2.45) is 0 Å². The van der Waals surface area contributed by atoms with Crippen LogP contribution in [0.25, 0.3) is 104 Å². The van der Waals surface area contributed by atoms with Gasteiger partial charge in [-0.2, -0.15) is 13.2 Å². The second kappa shape index (κ2) is 14.2. The van der Waals surface area contributed by atoms with Gasteiger partial charge in [-0.1, -0.05) is 155 Å². The van der Waals surface area contributed by atoms with Gasteiger partial charge in [0.05, 0.1) is 45.6 Å². The van der Waals surface area contributed by atoms with Crippen LogP contribution in [0, 0.1) is 13.5 Å². The Balaban J connectivity index is 1.16. The second-order valence-electron chi connectivity index (χ2n) is 19.9. The Morgan fingerprint density at radius 3 is 1.55 bits per heavy atom. The first-order valence-corrected chi connectivity index (χ1v) is 23.5. The van der Waals surface area contributed by atoms with Crippen molar-refractivity contribution >= 4 is 49.3 Å². The van der Waals surface area contributed by atoms with Crippen molar-refractivity contribution in [2.45, 2.75) is 51.6 Å². The van der Waals surface area contributed by atoms with Crippen LogP contribution in [0.3, 0.4) is 0 Å². The van der Waals surface area contributed by atoms with E-state index < -0.39 is 11.7 Å². The lowest BCUT2D eigenvalue weighted by Crippen LogP contribution is -2.15. The highest BCUT2D eigenvalue weighted by atomic mass is 19.4. The molecule has 2 aromatic heterocycles. The van der Waals surface area contributed by atoms with E-state index in [0.29, 0.717) is 22.5 Å². The summed E-state index contributed by atoms with van der Waals surface area (Å²) in [6, 6.07) is 59.1. The molecule has 3 nitrogen and oxygen atoms in total. The minimum atomic E-state index is -4.59. The summed E-state index contributed by atoms with van der Waals surface area (Å²) in [4.78, 5) is 3.98. The smallest absolute Gasteiger partial charge is 0.309 e. The van der Waals surface area contributed by atoms with Crippen molar-refractivity contribution in [3.8, 4) is 55.9 Å². The molecule has 0 fully saturated rings. The zero-order chi connectivity index (χ0) is 47.3. The molecule has 2 aliphatic rings. The lowest BCUT2D eigenvalue weighted by molar-refractivity contribution is -0.137. The Morgan fingerprint density at radius 1 is 0.464 bits per heavy atom. The van der Waals surface area contributed by atoms with Gasteiger partial charge in [0.1, 0.15) is 0 Å². The molecule has 0 unspecified atom stereocenters. The topological polar surface area (TPSA) is 14.2 Å². The Labute approximate surface area is 398 Å². The van der Waals surface area contributed by atoms with Crippen LogP contribution in [0.1, 0.15) is 61.1 Å². The monoisotopic (exact) mass is 899 g/mol. The van der Waals surface area contributed by atoms with Gasteiger partial charge in [0.2, 0.25) is 0 Å². The fourth-order valence-corrected chi connectivity index (χ4v) is 12.6. The molecular formula is C63H44F3N3. The van der Waals surface area contributed by atoms with Crippen molar-refractivity contribution in [1.29, 1.82) is 0 Å². The number of alkyl halides is 3. The predicted octanol–water partition coefficient (Wildman–Crippen LogP) is 17.7. The molecule has 69 heavy (non-hydrogen) atoms. The molecule has 2 aliphatic carbocycles. The molecule has 0 aliphatic heterocycles. The molecule has 0 bridgehead atoms. The van der Waals surface area contributed by atoms with Crippen LogP contribution >= 0.6 is 0 Å². The van der Waals surface area contributed by atoms with Crippen molar-refractivity contribution in [2.75, 3.05) is 0 Å². The van der Waals surface area contributed by atoms with Gasteiger partial charge in [-0.25, -0.2) is 4.85 Å². The first-order valence-electron chi connectivity index (χ1n) is 23.5. The van der Waals surface area contributed by atoms with Crippen LogP contribution < -0.4 is 0 Å². The molecule has 13 rings (SSSR count). The lowest BCUT2D eigenvalue weighted by Gasteiger charge is -2.23. The van der Waals surface area contributed by atoms with Gasteiger partial charge in [-0.3, -0.25) is 0 Å². The number of nitrogens with zero attached hydrogens (tertiary/aromatic N) is 3. The van der Waals surface area contributed by atoms with Gasteiger partial charge >= 0.3 is 6.18 Å². The number of hydrogen-bond acceptors (Lipinski definition) is 0. The fourth-order valence-electron chi connectivity index (χ4n) is 12.6. The molecule has 0 saturated carbocycles. The highest BCUT2D eigenvalue weighted by Crippen LogP contribution is 2.56. The molecule has 0 radical (unpaired) electrons. The third-order valence-corrected chi connectivity index (χ3v) is 15.5. The molecule has 2 heterocycles. The normalized spacial score (nSPS) is 14.3. The summed E-state index contributed by atoms with van der Waals surface area (Å²) in [7, 11) is 0. The van der Waals surface area contributed by atoms with Crippen molar-refractivity contribution in [3.63, 3.8) is 0 Å². The van der Waals surface area contributed by atoms with E-state index in [1.807, 2.05) is 42.5 Å². The number of fused-ring (bicyclic) bond motifs is 14. The first-order chi connectivity index (χ1) is 33.3. The Hall–Kier alpha value is -8.14. The first kappa shape index (κ1) is 41.1. The van der Waals surface area contributed by atoms with Crippen LogP contribution in [0.5, 0.6) is 0 Å². The average molecular weight is 900 g/mol. The van der Waals surface area contributed by atoms with E-state index in [1.165, 1.54) is 62.0 Å². The molecule has 0 amide bonds. The van der Waals surface area contributed by atoms with Gasteiger partial charge in [0.25, 0.3) is 0 Å². The molecule has 0 saturated heterocycles. The summed E-state index contributed by atoms with van der Waals surface area (Å²) >= 11 is 0. The average Bonchev–Trinajstić information content (AvgIpc) is 4.02. The molecule has 0 atom stereocenters. The van der Waals surface area contributed by atoms with E-state index in [4.69, 9.17) is 6.57 Å². The zero-order valence-corrected chi connectivity index (χ0v) is 38.7. The zero-order valence-electron chi connectivity index (χ0n) is 38.7. The van der Waals surface area contributed by atoms with Gasteiger partial charge in [-0.15, -0.1) is 0 Å². The van der Waals surface area contributed by atoms with Crippen molar-refractivity contribution < 1.29 is 13.2 Å². The van der Waals surface area contributed by atoms with E-state index in [9.17, 15) is 0 Å². The van der Waals surface area contributed by atoms with Crippen LogP contribution in [-0.4, -0.2) is 9.13 Å². The van der Waals surface area contributed by atoms with Gasteiger partial charge < -0.3 is 9.13 Å². The molecule has 0 spiro atoms. The molecular weight excluding hydrogens is 856 g/mol. The quantitative estimate of drug-likeness (QED) is 0.156. The third-order valence-electron chi connectivity index (χ3n) is 15.5. The fraction of sp³-hybridized carbons (Fsp3) is 0.127. The summed E-state index contributed by atoms with van der Waals surface area (Å²) in [6.07, 6.45) is -4.59. The van der Waals surface area contributed by atoms with E-state index in [-0.39, 0.29) is 16.4 Å². The van der Waals surface area contributed by atoms with E-state index in [1.54, 1.807) is 13.0 Å². The maximum absolute atomic E-state index is 15.1. The van der Waals surface area contributed by atoms with Crippen molar-refractivity contribution in [1.82, 2.24) is 9.13 Å². The number of aromatic nitrogens is 2. The number of halogens is 3. The SMILES string of the molecule is [C-]#[N+]c1ccc(-n2c3ccccc3c3c4c(ccc32)-c2ccccc2C4(C)C)c(-c2ccc(-c3c(C)cccc3C(F)(F)F)cc2-n2c3ccccc3c3c4c(ccc32)-c2ccccc2C4(C)C)c1. The number of aryl methyl sites for hydroxylation is 1. The summed E-state index contributed by atoms with van der Waals surface area (Å²) in [5.74, 6) is 0. The Morgan fingerprint density at radius 2 is 0.986 bits per heavy atom. The van der Waals surface area contributed by atoms with E-state index in [0.717, 1.165) is 55.0 Å².